The van der Waals surface area contributed by atoms with Gasteiger partial charge in [0.2, 0.25) is 0 Å². The van der Waals surface area contributed by atoms with Crippen molar-refractivity contribution in [2.45, 2.75) is 27.1 Å². The van der Waals surface area contributed by atoms with Gasteiger partial charge in [0, 0.05) is 5.57 Å². The van der Waals surface area contributed by atoms with Crippen LogP contribution in [-0.2, 0) is 9.53 Å². The number of ether oxygens (including phenoxy) is 1. The second-order valence-electron chi connectivity index (χ2n) is 4.37. The standard InChI is InChI=1S/C9H8O4.C6H10O3/c1-5-6(8(10)11)3-2-4-7(5)9(12)13;1-4(2)6(8)9-5(3)7/h2-4H,1H3,(H,10,11)(H,12,13);5,7H,1H2,2-3H3. The Bertz CT molecular complexity index is 555. The fourth-order valence-electron chi connectivity index (χ4n) is 1.35. The lowest BCUT2D eigenvalue weighted by molar-refractivity contribution is -0.159. The van der Waals surface area contributed by atoms with Gasteiger partial charge in [-0.25, -0.2) is 14.4 Å². The molecule has 0 fully saturated rings. The summed E-state index contributed by atoms with van der Waals surface area (Å²) < 4.78 is 4.33. The summed E-state index contributed by atoms with van der Waals surface area (Å²) in [4.78, 5) is 31.7. The van der Waals surface area contributed by atoms with Gasteiger partial charge in [0.25, 0.3) is 0 Å². The van der Waals surface area contributed by atoms with Crippen LogP contribution in [-0.4, -0.2) is 39.5 Å². The molecule has 0 spiro atoms. The number of aromatic carboxylic acids is 2. The molecular weight excluding hydrogens is 292 g/mol. The van der Waals surface area contributed by atoms with Crippen LogP contribution in [0.3, 0.4) is 0 Å². The van der Waals surface area contributed by atoms with E-state index in [0.29, 0.717) is 0 Å². The summed E-state index contributed by atoms with van der Waals surface area (Å²) in [6, 6.07) is 4.17. The van der Waals surface area contributed by atoms with Crippen LogP contribution in [0.4, 0.5) is 0 Å². The maximum Gasteiger partial charge on any atom is 0.335 e. The molecule has 0 bridgehead atoms. The highest BCUT2D eigenvalue weighted by atomic mass is 16.6. The van der Waals surface area contributed by atoms with Gasteiger partial charge in [-0.2, -0.15) is 0 Å². The third-order valence-electron chi connectivity index (χ3n) is 2.42. The monoisotopic (exact) mass is 310 g/mol. The Hall–Kier alpha value is -2.67. The zero-order chi connectivity index (χ0) is 17.4. The van der Waals surface area contributed by atoms with Gasteiger partial charge in [-0.05, 0) is 38.5 Å². The molecule has 120 valence electrons. The van der Waals surface area contributed by atoms with Crippen LogP contribution in [0.15, 0.2) is 30.4 Å². The molecule has 1 aromatic carbocycles. The number of esters is 1. The van der Waals surface area contributed by atoms with Crippen molar-refractivity contribution >= 4 is 17.9 Å². The molecule has 1 unspecified atom stereocenters. The van der Waals surface area contributed by atoms with Gasteiger partial charge < -0.3 is 20.1 Å². The third-order valence-corrected chi connectivity index (χ3v) is 2.42. The first-order valence-corrected chi connectivity index (χ1v) is 6.18. The number of carboxylic acid groups (broad SMARTS) is 2. The summed E-state index contributed by atoms with van der Waals surface area (Å²) in [5.74, 6) is -2.79. The van der Waals surface area contributed by atoms with Crippen LogP contribution in [0.2, 0.25) is 0 Å². The normalized spacial score (nSPS) is 10.7. The second kappa shape index (κ2) is 8.58. The minimum Gasteiger partial charge on any atom is -0.478 e. The van der Waals surface area contributed by atoms with Crippen molar-refractivity contribution in [3.05, 3.63) is 47.0 Å². The Kier molecular flexibility index (Phi) is 7.54. The second-order valence-corrected chi connectivity index (χ2v) is 4.37. The Morgan fingerprint density at radius 1 is 1.14 bits per heavy atom. The molecule has 22 heavy (non-hydrogen) atoms. The van der Waals surface area contributed by atoms with E-state index in [1.54, 1.807) is 0 Å². The summed E-state index contributed by atoms with van der Waals surface area (Å²) in [6.45, 7) is 7.68. The van der Waals surface area contributed by atoms with Crippen LogP contribution < -0.4 is 0 Å². The predicted octanol–water partition coefficient (Wildman–Crippen LogP) is 1.84. The lowest BCUT2D eigenvalue weighted by atomic mass is 10.0. The van der Waals surface area contributed by atoms with Crippen molar-refractivity contribution in [1.82, 2.24) is 0 Å². The van der Waals surface area contributed by atoms with E-state index in [1.165, 1.54) is 39.0 Å². The molecule has 0 aromatic heterocycles. The third kappa shape index (κ3) is 6.19. The summed E-state index contributed by atoms with van der Waals surface area (Å²) in [5, 5.41) is 25.8. The van der Waals surface area contributed by atoms with E-state index in [2.05, 4.69) is 11.3 Å². The maximum absolute atomic E-state index is 10.6. The fraction of sp³-hybridized carbons (Fsp3) is 0.267. The SMILES string of the molecule is C=C(C)C(=O)OC(C)O.Cc1c(C(=O)O)cccc1C(=O)O. The van der Waals surface area contributed by atoms with Crippen molar-refractivity contribution in [3.8, 4) is 0 Å². The van der Waals surface area contributed by atoms with Crippen molar-refractivity contribution in [3.63, 3.8) is 0 Å². The number of rotatable bonds is 4. The van der Waals surface area contributed by atoms with E-state index >= 15 is 0 Å². The molecule has 0 saturated heterocycles. The van der Waals surface area contributed by atoms with Crippen molar-refractivity contribution in [2.75, 3.05) is 0 Å². The average Bonchev–Trinajstić information content (AvgIpc) is 2.38. The molecule has 0 aliphatic heterocycles. The van der Waals surface area contributed by atoms with Crippen LogP contribution in [0.25, 0.3) is 0 Å². The molecule has 1 atom stereocenters. The molecule has 0 aliphatic rings. The number of hydrogen-bond donors (Lipinski definition) is 3. The van der Waals surface area contributed by atoms with E-state index in [1.807, 2.05) is 0 Å². The van der Waals surface area contributed by atoms with Gasteiger partial charge in [0.15, 0.2) is 6.29 Å². The smallest absolute Gasteiger partial charge is 0.335 e. The highest BCUT2D eigenvalue weighted by Gasteiger charge is 2.13. The predicted molar refractivity (Wildman–Crippen MR) is 77.7 cm³/mol. The zero-order valence-electron chi connectivity index (χ0n) is 12.5. The quantitative estimate of drug-likeness (QED) is 0.440. The first kappa shape index (κ1) is 19.3. The largest absolute Gasteiger partial charge is 0.478 e. The minimum absolute atomic E-state index is 0.0277. The first-order valence-electron chi connectivity index (χ1n) is 6.18. The summed E-state index contributed by atoms with van der Waals surface area (Å²) in [6.07, 6.45) is -1.05. The van der Waals surface area contributed by atoms with E-state index in [4.69, 9.17) is 15.3 Å². The molecule has 0 saturated carbocycles. The zero-order valence-corrected chi connectivity index (χ0v) is 12.5. The van der Waals surface area contributed by atoms with E-state index in [0.717, 1.165) is 0 Å². The van der Waals surface area contributed by atoms with E-state index < -0.39 is 24.2 Å². The van der Waals surface area contributed by atoms with Crippen molar-refractivity contribution < 1.29 is 34.4 Å². The first-order chi connectivity index (χ1) is 10.1. The number of benzene rings is 1. The molecule has 1 rings (SSSR count). The number of carboxylic acids is 2. The lowest BCUT2D eigenvalue weighted by Crippen LogP contribution is -2.13. The molecule has 0 radical (unpaired) electrons. The molecule has 0 aliphatic carbocycles. The van der Waals surface area contributed by atoms with Gasteiger partial charge in [0.05, 0.1) is 11.1 Å². The average molecular weight is 310 g/mol. The number of carbonyl (C=O) groups excluding carboxylic acids is 1. The number of aliphatic hydroxyl groups is 1. The van der Waals surface area contributed by atoms with E-state index in [-0.39, 0.29) is 22.3 Å². The molecule has 0 heterocycles. The number of hydrogen-bond acceptors (Lipinski definition) is 5. The van der Waals surface area contributed by atoms with Gasteiger partial charge >= 0.3 is 17.9 Å². The van der Waals surface area contributed by atoms with Crippen LogP contribution >= 0.6 is 0 Å². The summed E-state index contributed by atoms with van der Waals surface area (Å²) >= 11 is 0. The van der Waals surface area contributed by atoms with Gasteiger partial charge in [0.1, 0.15) is 0 Å². The Balaban J connectivity index is 0.000000433. The maximum atomic E-state index is 10.6. The Morgan fingerprint density at radius 3 is 1.77 bits per heavy atom. The number of carbonyl (C=O) groups is 3. The van der Waals surface area contributed by atoms with Gasteiger partial charge in [-0.15, -0.1) is 0 Å². The van der Waals surface area contributed by atoms with Crippen LogP contribution in [0, 0.1) is 6.92 Å². The minimum atomic E-state index is -1.11. The van der Waals surface area contributed by atoms with Crippen molar-refractivity contribution in [1.29, 1.82) is 0 Å². The van der Waals surface area contributed by atoms with Crippen LogP contribution in [0.5, 0.6) is 0 Å². The van der Waals surface area contributed by atoms with Crippen molar-refractivity contribution in [2.24, 2.45) is 0 Å². The Labute approximate surface area is 127 Å². The molecule has 0 amide bonds. The summed E-state index contributed by atoms with van der Waals surface area (Å²) in [7, 11) is 0. The Morgan fingerprint density at radius 2 is 1.55 bits per heavy atom. The lowest BCUT2D eigenvalue weighted by Gasteiger charge is -2.04. The molecular formula is C15H18O7. The van der Waals surface area contributed by atoms with E-state index in [9.17, 15) is 14.4 Å². The molecule has 3 N–H and O–H groups in total. The highest BCUT2D eigenvalue weighted by Crippen LogP contribution is 2.13. The van der Waals surface area contributed by atoms with Gasteiger partial charge in [-0.3, -0.25) is 0 Å². The molecule has 1 aromatic rings. The highest BCUT2D eigenvalue weighted by molar-refractivity contribution is 5.96. The fourth-order valence-corrected chi connectivity index (χ4v) is 1.35. The van der Waals surface area contributed by atoms with Crippen LogP contribution in [0.1, 0.15) is 40.1 Å². The summed E-state index contributed by atoms with van der Waals surface area (Å²) in [5.41, 5.74) is 0.623. The molecule has 7 nitrogen and oxygen atoms in total. The number of aliphatic hydroxyl groups excluding tert-OH is 1. The molecule has 7 heteroatoms. The van der Waals surface area contributed by atoms with Gasteiger partial charge in [-0.1, -0.05) is 12.6 Å². The topological polar surface area (TPSA) is 121 Å².